The minimum Gasteiger partial charge on any atom is -0.315 e. The van der Waals surface area contributed by atoms with Crippen LogP contribution in [-0.2, 0) is 13.0 Å². The number of aryl methyl sites for hydroxylation is 3. The number of fused-ring (bicyclic) bond motifs is 1. The van der Waals surface area contributed by atoms with E-state index in [9.17, 15) is 0 Å². The minimum absolute atomic E-state index is 0.498. The van der Waals surface area contributed by atoms with Gasteiger partial charge in [0.05, 0.1) is 17.5 Å². The van der Waals surface area contributed by atoms with Crippen LogP contribution < -0.4 is 0 Å². The molecule has 0 saturated heterocycles. The van der Waals surface area contributed by atoms with Crippen LogP contribution in [0.25, 0.3) is 11.2 Å². The van der Waals surface area contributed by atoms with Gasteiger partial charge in [-0.3, -0.25) is 0 Å². The van der Waals surface area contributed by atoms with Crippen molar-refractivity contribution in [1.29, 1.82) is 0 Å². The van der Waals surface area contributed by atoms with Crippen molar-refractivity contribution in [3.05, 3.63) is 39.7 Å². The molecule has 3 heterocycles. The molecule has 6 heteroatoms. The van der Waals surface area contributed by atoms with E-state index in [1.165, 1.54) is 4.88 Å². The summed E-state index contributed by atoms with van der Waals surface area (Å²) < 4.78 is 2.03. The maximum absolute atomic E-state index is 5.91. The highest BCUT2D eigenvalue weighted by atomic mass is 35.5. The van der Waals surface area contributed by atoms with Crippen LogP contribution in [0.3, 0.4) is 0 Å². The van der Waals surface area contributed by atoms with Crippen molar-refractivity contribution < 1.29 is 0 Å². The fraction of sp³-hybridized carbons (Fsp3) is 0.250. The van der Waals surface area contributed by atoms with Crippen molar-refractivity contribution in [3.63, 3.8) is 0 Å². The largest absolute Gasteiger partial charge is 0.315 e. The molecule has 0 aromatic carbocycles. The fourth-order valence-corrected chi connectivity index (χ4v) is 2.78. The van der Waals surface area contributed by atoms with Crippen LogP contribution in [0, 0.1) is 6.92 Å². The Hall–Kier alpha value is -1.46. The van der Waals surface area contributed by atoms with Gasteiger partial charge in [-0.1, -0.05) is 11.6 Å². The third-order valence-electron chi connectivity index (χ3n) is 2.85. The summed E-state index contributed by atoms with van der Waals surface area (Å²) in [6, 6.07) is 3.65. The van der Waals surface area contributed by atoms with E-state index < -0.39 is 0 Å². The molecule has 0 saturated carbocycles. The number of rotatable bonds is 3. The number of hydrogen-bond acceptors (Lipinski definition) is 4. The van der Waals surface area contributed by atoms with Crippen molar-refractivity contribution in [1.82, 2.24) is 19.5 Å². The Morgan fingerprint density at radius 3 is 3.00 bits per heavy atom. The zero-order valence-corrected chi connectivity index (χ0v) is 11.4. The Labute approximate surface area is 113 Å². The topological polar surface area (TPSA) is 43.6 Å². The van der Waals surface area contributed by atoms with Gasteiger partial charge in [-0.25, -0.2) is 15.0 Å². The van der Waals surface area contributed by atoms with Crippen molar-refractivity contribution in [3.8, 4) is 0 Å². The minimum atomic E-state index is 0.498. The molecule has 0 unspecified atom stereocenters. The highest BCUT2D eigenvalue weighted by Crippen LogP contribution is 2.17. The quantitative estimate of drug-likeness (QED) is 0.692. The molecule has 4 nitrogen and oxygen atoms in total. The molecule has 92 valence electrons. The van der Waals surface area contributed by atoms with Crippen LogP contribution in [0.1, 0.15) is 10.6 Å². The summed E-state index contributed by atoms with van der Waals surface area (Å²) in [6.07, 6.45) is 2.75. The van der Waals surface area contributed by atoms with Gasteiger partial charge in [-0.15, -0.1) is 11.3 Å². The monoisotopic (exact) mass is 278 g/mol. The van der Waals surface area contributed by atoms with Crippen LogP contribution in [-0.4, -0.2) is 19.5 Å². The highest BCUT2D eigenvalue weighted by molar-refractivity contribution is 7.09. The fourth-order valence-electron chi connectivity index (χ4n) is 1.87. The number of thiazole rings is 1. The van der Waals surface area contributed by atoms with E-state index in [2.05, 4.69) is 15.0 Å². The van der Waals surface area contributed by atoms with Gasteiger partial charge in [0.25, 0.3) is 0 Å². The maximum Gasteiger partial charge on any atom is 0.161 e. The molecule has 3 aromatic rings. The molecular weight excluding hydrogens is 268 g/mol. The van der Waals surface area contributed by atoms with Gasteiger partial charge in [0.1, 0.15) is 10.7 Å². The molecule has 0 radical (unpaired) electrons. The van der Waals surface area contributed by atoms with E-state index in [4.69, 9.17) is 11.6 Å². The van der Waals surface area contributed by atoms with Crippen molar-refractivity contribution in [2.75, 3.05) is 0 Å². The molecule has 0 aliphatic carbocycles. The molecule has 18 heavy (non-hydrogen) atoms. The molecule has 0 bridgehead atoms. The third-order valence-corrected chi connectivity index (χ3v) is 4.06. The van der Waals surface area contributed by atoms with Gasteiger partial charge in [-0.05, 0) is 19.1 Å². The van der Waals surface area contributed by atoms with Crippen LogP contribution in [0.4, 0.5) is 0 Å². The van der Waals surface area contributed by atoms with Crippen LogP contribution >= 0.6 is 22.9 Å². The van der Waals surface area contributed by atoms with Crippen LogP contribution in [0.2, 0.25) is 5.15 Å². The first-order valence-electron chi connectivity index (χ1n) is 5.60. The summed E-state index contributed by atoms with van der Waals surface area (Å²) >= 11 is 7.60. The van der Waals surface area contributed by atoms with Crippen LogP contribution in [0.5, 0.6) is 0 Å². The zero-order valence-electron chi connectivity index (χ0n) is 9.80. The number of aromatic nitrogens is 4. The number of halogens is 1. The van der Waals surface area contributed by atoms with E-state index in [1.807, 2.05) is 29.4 Å². The van der Waals surface area contributed by atoms with E-state index in [-0.39, 0.29) is 0 Å². The van der Waals surface area contributed by atoms with Crippen molar-refractivity contribution >= 4 is 34.1 Å². The summed E-state index contributed by atoms with van der Waals surface area (Å²) in [4.78, 5) is 14.2. The number of hydrogen-bond donors (Lipinski definition) is 0. The predicted molar refractivity (Wildman–Crippen MR) is 73.1 cm³/mol. The first kappa shape index (κ1) is 11.6. The average molecular weight is 279 g/mol. The smallest absolute Gasteiger partial charge is 0.161 e. The second-order valence-electron chi connectivity index (χ2n) is 4.03. The number of imidazole rings is 1. The lowest BCUT2D eigenvalue weighted by Gasteiger charge is -2.02. The lowest BCUT2D eigenvalue weighted by molar-refractivity contribution is 0.712. The summed E-state index contributed by atoms with van der Waals surface area (Å²) in [5.74, 6) is 0. The SMILES string of the molecule is Cc1ncsc1CCn1cnc2ccc(Cl)nc21. The van der Waals surface area contributed by atoms with Gasteiger partial charge in [0, 0.05) is 17.8 Å². The van der Waals surface area contributed by atoms with Gasteiger partial charge in [-0.2, -0.15) is 0 Å². The zero-order chi connectivity index (χ0) is 12.5. The number of pyridine rings is 1. The van der Waals surface area contributed by atoms with Gasteiger partial charge < -0.3 is 4.57 Å². The van der Waals surface area contributed by atoms with E-state index >= 15 is 0 Å². The summed E-state index contributed by atoms with van der Waals surface area (Å²) in [5.41, 5.74) is 4.70. The first-order chi connectivity index (χ1) is 8.74. The maximum atomic E-state index is 5.91. The predicted octanol–water partition coefficient (Wildman–Crippen LogP) is 3.09. The lowest BCUT2D eigenvalue weighted by atomic mass is 10.3. The highest BCUT2D eigenvalue weighted by Gasteiger charge is 2.06. The molecule has 3 rings (SSSR count). The normalized spacial score (nSPS) is 11.2. The third kappa shape index (κ3) is 2.11. The van der Waals surface area contributed by atoms with E-state index in [1.54, 1.807) is 17.4 Å². The average Bonchev–Trinajstić information content (AvgIpc) is 2.93. The second-order valence-corrected chi connectivity index (χ2v) is 5.35. The van der Waals surface area contributed by atoms with Crippen molar-refractivity contribution in [2.45, 2.75) is 19.9 Å². The van der Waals surface area contributed by atoms with Crippen LogP contribution in [0.15, 0.2) is 24.0 Å². The molecule has 0 aliphatic rings. The Morgan fingerprint density at radius 2 is 2.22 bits per heavy atom. The molecule has 0 N–H and O–H groups in total. The van der Waals surface area contributed by atoms with Gasteiger partial charge in [0.15, 0.2) is 5.65 Å². The Balaban J connectivity index is 1.87. The van der Waals surface area contributed by atoms with E-state index in [0.717, 1.165) is 29.8 Å². The molecule has 0 fully saturated rings. The molecule has 0 spiro atoms. The Bertz CT molecular complexity index is 688. The summed E-state index contributed by atoms with van der Waals surface area (Å²) in [6.45, 7) is 2.87. The summed E-state index contributed by atoms with van der Waals surface area (Å²) in [5, 5.41) is 0.498. The molecule has 3 aromatic heterocycles. The Morgan fingerprint density at radius 1 is 1.33 bits per heavy atom. The Kier molecular flexibility index (Phi) is 3.01. The standard InChI is InChI=1S/C12H11ClN4S/c1-8-10(18-7-15-8)4-5-17-6-14-9-2-3-11(13)16-12(9)17/h2-3,6-7H,4-5H2,1H3. The lowest BCUT2D eigenvalue weighted by Crippen LogP contribution is -2.00. The van der Waals surface area contributed by atoms with Gasteiger partial charge in [0.2, 0.25) is 0 Å². The number of nitrogens with zero attached hydrogens (tertiary/aromatic N) is 4. The molecule has 0 atom stereocenters. The second kappa shape index (κ2) is 4.66. The summed E-state index contributed by atoms with van der Waals surface area (Å²) in [7, 11) is 0. The van der Waals surface area contributed by atoms with Gasteiger partial charge >= 0.3 is 0 Å². The van der Waals surface area contributed by atoms with Crippen molar-refractivity contribution in [2.24, 2.45) is 0 Å². The molecule has 0 amide bonds. The van der Waals surface area contributed by atoms with E-state index in [0.29, 0.717) is 5.15 Å². The molecular formula is C12H11ClN4S. The molecule has 0 aliphatic heterocycles. The first-order valence-corrected chi connectivity index (χ1v) is 6.86.